The molecule has 0 aromatic carbocycles. The molecule has 1 N–H and O–H groups in total. The highest BCUT2D eigenvalue weighted by Crippen LogP contribution is 2.15. The van der Waals surface area contributed by atoms with Gasteiger partial charge in [-0.25, -0.2) is 0 Å². The molecule has 1 aliphatic rings. The summed E-state index contributed by atoms with van der Waals surface area (Å²) in [5, 5.41) is 2.87. The summed E-state index contributed by atoms with van der Waals surface area (Å²) < 4.78 is 0. The number of carbonyl (C=O) groups is 1. The van der Waals surface area contributed by atoms with Crippen LogP contribution in [0.2, 0.25) is 0 Å². The van der Waals surface area contributed by atoms with E-state index < -0.39 is 0 Å². The Morgan fingerprint density at radius 2 is 2.45 bits per heavy atom. The topological polar surface area (TPSA) is 32.3 Å². The molecule has 64 valence electrons. The van der Waals surface area contributed by atoms with E-state index in [0.29, 0.717) is 12.6 Å². The molecule has 0 aliphatic carbocycles. The molecule has 1 amide bonds. The van der Waals surface area contributed by atoms with Gasteiger partial charge >= 0.3 is 0 Å². The van der Waals surface area contributed by atoms with E-state index in [2.05, 4.69) is 12.2 Å². The molecule has 1 aliphatic heterocycles. The van der Waals surface area contributed by atoms with Crippen LogP contribution in [0.25, 0.3) is 0 Å². The summed E-state index contributed by atoms with van der Waals surface area (Å²) in [5.41, 5.74) is 0. The molecule has 0 bridgehead atoms. The SMILES string of the molecule is CNCC(=O)N1CCC[C@@H]1C. The van der Waals surface area contributed by atoms with Crippen molar-refractivity contribution in [2.24, 2.45) is 0 Å². The van der Waals surface area contributed by atoms with Gasteiger partial charge in [-0.1, -0.05) is 0 Å². The zero-order chi connectivity index (χ0) is 8.27. The second-order valence-electron chi connectivity index (χ2n) is 3.11. The summed E-state index contributed by atoms with van der Waals surface area (Å²) in [6.45, 7) is 3.53. The zero-order valence-electron chi connectivity index (χ0n) is 7.26. The Morgan fingerprint density at radius 1 is 1.73 bits per heavy atom. The maximum absolute atomic E-state index is 11.3. The largest absolute Gasteiger partial charge is 0.339 e. The highest BCUT2D eigenvalue weighted by molar-refractivity contribution is 5.78. The van der Waals surface area contributed by atoms with Crippen molar-refractivity contribution in [2.75, 3.05) is 20.1 Å². The molecule has 0 aromatic rings. The summed E-state index contributed by atoms with van der Waals surface area (Å²) >= 11 is 0. The van der Waals surface area contributed by atoms with Crippen molar-refractivity contribution in [3.63, 3.8) is 0 Å². The van der Waals surface area contributed by atoms with Crippen molar-refractivity contribution in [1.29, 1.82) is 0 Å². The van der Waals surface area contributed by atoms with E-state index in [4.69, 9.17) is 0 Å². The van der Waals surface area contributed by atoms with Crippen LogP contribution >= 0.6 is 0 Å². The van der Waals surface area contributed by atoms with Gasteiger partial charge in [0, 0.05) is 12.6 Å². The first-order chi connectivity index (χ1) is 5.25. The number of nitrogens with zero attached hydrogens (tertiary/aromatic N) is 1. The average Bonchev–Trinajstić information content (AvgIpc) is 2.36. The van der Waals surface area contributed by atoms with Crippen molar-refractivity contribution < 1.29 is 4.79 Å². The molecule has 0 aromatic heterocycles. The number of amides is 1. The summed E-state index contributed by atoms with van der Waals surface area (Å²) in [7, 11) is 1.80. The lowest BCUT2D eigenvalue weighted by atomic mass is 10.2. The first kappa shape index (κ1) is 8.53. The number of likely N-dealkylation sites (N-methyl/N-ethyl adjacent to an activating group) is 1. The van der Waals surface area contributed by atoms with E-state index in [9.17, 15) is 4.79 Å². The summed E-state index contributed by atoms with van der Waals surface area (Å²) in [6.07, 6.45) is 2.33. The fourth-order valence-corrected chi connectivity index (χ4v) is 1.56. The van der Waals surface area contributed by atoms with Crippen LogP contribution in [0.5, 0.6) is 0 Å². The lowest BCUT2D eigenvalue weighted by Crippen LogP contribution is -2.38. The second kappa shape index (κ2) is 3.72. The van der Waals surface area contributed by atoms with Crippen LogP contribution in [0.3, 0.4) is 0 Å². The van der Waals surface area contributed by atoms with Crippen LogP contribution in [0.1, 0.15) is 19.8 Å². The minimum absolute atomic E-state index is 0.234. The summed E-state index contributed by atoms with van der Waals surface area (Å²) in [5.74, 6) is 0.234. The second-order valence-corrected chi connectivity index (χ2v) is 3.11. The Labute approximate surface area is 67.8 Å². The number of hydrogen-bond acceptors (Lipinski definition) is 2. The van der Waals surface area contributed by atoms with Gasteiger partial charge in [-0.05, 0) is 26.8 Å². The lowest BCUT2D eigenvalue weighted by molar-refractivity contribution is -0.130. The molecule has 1 heterocycles. The highest BCUT2D eigenvalue weighted by Gasteiger charge is 2.23. The van der Waals surface area contributed by atoms with Gasteiger partial charge in [0.05, 0.1) is 6.54 Å². The quantitative estimate of drug-likeness (QED) is 0.620. The smallest absolute Gasteiger partial charge is 0.236 e. The average molecular weight is 156 g/mol. The molecule has 11 heavy (non-hydrogen) atoms. The molecule has 0 unspecified atom stereocenters. The van der Waals surface area contributed by atoms with Gasteiger partial charge in [-0.2, -0.15) is 0 Å². The predicted octanol–water partition coefficient (Wildman–Crippen LogP) is 0.217. The fraction of sp³-hybridized carbons (Fsp3) is 0.875. The Kier molecular flexibility index (Phi) is 2.88. The predicted molar refractivity (Wildman–Crippen MR) is 44.3 cm³/mol. The molecule has 1 fully saturated rings. The van der Waals surface area contributed by atoms with Crippen LogP contribution in [0, 0.1) is 0 Å². The van der Waals surface area contributed by atoms with Gasteiger partial charge < -0.3 is 10.2 Å². The van der Waals surface area contributed by atoms with Crippen LogP contribution < -0.4 is 5.32 Å². The van der Waals surface area contributed by atoms with E-state index >= 15 is 0 Å². The highest BCUT2D eigenvalue weighted by atomic mass is 16.2. The summed E-state index contributed by atoms with van der Waals surface area (Å²) in [6, 6.07) is 0.454. The number of carbonyl (C=O) groups excluding carboxylic acids is 1. The van der Waals surface area contributed by atoms with Crippen LogP contribution in [-0.2, 0) is 4.79 Å². The van der Waals surface area contributed by atoms with Gasteiger partial charge in [-0.3, -0.25) is 4.79 Å². The molecular formula is C8H16N2O. The van der Waals surface area contributed by atoms with Crippen molar-refractivity contribution in [3.8, 4) is 0 Å². The molecule has 3 heteroatoms. The maximum atomic E-state index is 11.3. The third-order valence-electron chi connectivity index (χ3n) is 2.20. The number of hydrogen-bond donors (Lipinski definition) is 1. The number of rotatable bonds is 2. The minimum atomic E-state index is 0.234. The third-order valence-corrected chi connectivity index (χ3v) is 2.20. The number of nitrogens with one attached hydrogen (secondary N) is 1. The normalized spacial score (nSPS) is 24.2. The van der Waals surface area contributed by atoms with Gasteiger partial charge in [0.15, 0.2) is 0 Å². The van der Waals surface area contributed by atoms with Crippen molar-refractivity contribution in [2.45, 2.75) is 25.8 Å². The van der Waals surface area contributed by atoms with Crippen LogP contribution in [0.15, 0.2) is 0 Å². The Bertz CT molecular complexity index is 147. The van der Waals surface area contributed by atoms with E-state index in [0.717, 1.165) is 19.4 Å². The Balaban J connectivity index is 2.39. The van der Waals surface area contributed by atoms with Gasteiger partial charge in [0.2, 0.25) is 5.91 Å². The van der Waals surface area contributed by atoms with E-state index in [1.807, 2.05) is 4.90 Å². The van der Waals surface area contributed by atoms with Gasteiger partial charge in [0.1, 0.15) is 0 Å². The van der Waals surface area contributed by atoms with Crippen molar-refractivity contribution in [1.82, 2.24) is 10.2 Å². The Morgan fingerprint density at radius 3 is 2.91 bits per heavy atom. The molecule has 0 saturated carbocycles. The molecule has 0 radical (unpaired) electrons. The molecular weight excluding hydrogens is 140 g/mol. The third kappa shape index (κ3) is 1.93. The molecule has 0 spiro atoms. The monoisotopic (exact) mass is 156 g/mol. The van der Waals surface area contributed by atoms with E-state index in [1.54, 1.807) is 7.05 Å². The lowest BCUT2D eigenvalue weighted by Gasteiger charge is -2.20. The zero-order valence-corrected chi connectivity index (χ0v) is 7.26. The standard InChI is InChI=1S/C8H16N2O/c1-7-4-3-5-10(7)8(11)6-9-2/h7,9H,3-6H2,1-2H3/t7-/m0/s1. The van der Waals surface area contributed by atoms with Gasteiger partial charge in [-0.15, -0.1) is 0 Å². The molecule has 1 saturated heterocycles. The van der Waals surface area contributed by atoms with E-state index in [-0.39, 0.29) is 5.91 Å². The number of likely N-dealkylation sites (tertiary alicyclic amines) is 1. The van der Waals surface area contributed by atoms with Gasteiger partial charge in [0.25, 0.3) is 0 Å². The van der Waals surface area contributed by atoms with E-state index in [1.165, 1.54) is 0 Å². The first-order valence-corrected chi connectivity index (χ1v) is 4.19. The van der Waals surface area contributed by atoms with Crippen LogP contribution in [0.4, 0.5) is 0 Å². The molecule has 3 nitrogen and oxygen atoms in total. The summed E-state index contributed by atoms with van der Waals surface area (Å²) in [4.78, 5) is 13.3. The van der Waals surface area contributed by atoms with Crippen molar-refractivity contribution >= 4 is 5.91 Å². The maximum Gasteiger partial charge on any atom is 0.236 e. The van der Waals surface area contributed by atoms with Crippen molar-refractivity contribution in [3.05, 3.63) is 0 Å². The van der Waals surface area contributed by atoms with Crippen LogP contribution in [-0.4, -0.2) is 37.0 Å². The molecule has 1 rings (SSSR count). The first-order valence-electron chi connectivity index (χ1n) is 4.19. The fourth-order valence-electron chi connectivity index (χ4n) is 1.56. The molecule has 1 atom stereocenters. The minimum Gasteiger partial charge on any atom is -0.339 e. The Hall–Kier alpha value is -0.570.